The third-order valence-corrected chi connectivity index (χ3v) is 7.95. The molecule has 0 bridgehead atoms. The number of ether oxygens (including phenoxy) is 3. The summed E-state index contributed by atoms with van der Waals surface area (Å²) in [5.74, 6) is 0.361. The Bertz CT molecular complexity index is 1610. The number of nitrogen functional groups attached to an aromatic ring is 1. The predicted molar refractivity (Wildman–Crippen MR) is 181 cm³/mol. The first-order chi connectivity index (χ1) is 23.1. The lowest BCUT2D eigenvalue weighted by Crippen LogP contribution is -2.29. The number of imidazole rings is 1. The number of hydrogen-bond donors (Lipinski definition) is 3. The number of phosphoric acid groups is 1. The molecule has 264 valence electrons. The van der Waals surface area contributed by atoms with Gasteiger partial charge in [0.1, 0.15) is 30.3 Å². The SMILES string of the molecule is CC/C=C\CC(=O)OC[C@H](COP(=O)(O)OCCOc1ccc2c(c1)nc(N)c1nc(CCCC)n(CCO)c12)OC(=O)C/C=C\CC. The number of rotatable bonds is 22. The maximum atomic E-state index is 12.6. The molecule has 0 aliphatic rings. The van der Waals surface area contributed by atoms with E-state index in [0.29, 0.717) is 23.3 Å². The smallest absolute Gasteiger partial charge is 0.472 e. The maximum Gasteiger partial charge on any atom is 0.472 e. The van der Waals surface area contributed by atoms with Gasteiger partial charge in [0.25, 0.3) is 0 Å². The highest BCUT2D eigenvalue weighted by Crippen LogP contribution is 2.43. The number of phosphoric ester groups is 1. The van der Waals surface area contributed by atoms with Crippen molar-refractivity contribution in [3.8, 4) is 5.75 Å². The van der Waals surface area contributed by atoms with Gasteiger partial charge in [-0.1, -0.05) is 51.5 Å². The van der Waals surface area contributed by atoms with Gasteiger partial charge in [-0.3, -0.25) is 18.6 Å². The van der Waals surface area contributed by atoms with Gasteiger partial charge in [0.05, 0.1) is 43.7 Å². The van der Waals surface area contributed by atoms with E-state index in [2.05, 4.69) is 11.9 Å². The Morgan fingerprint density at radius 1 is 1.00 bits per heavy atom. The zero-order valence-corrected chi connectivity index (χ0v) is 28.7. The van der Waals surface area contributed by atoms with Crippen molar-refractivity contribution in [2.75, 3.05) is 38.8 Å². The number of pyridine rings is 1. The highest BCUT2D eigenvalue weighted by Gasteiger charge is 2.26. The van der Waals surface area contributed by atoms with Gasteiger partial charge in [-0.25, -0.2) is 14.5 Å². The molecule has 4 N–H and O–H groups in total. The van der Waals surface area contributed by atoms with E-state index in [9.17, 15) is 24.2 Å². The number of allylic oxidation sites excluding steroid dienone is 2. The topological polar surface area (TPSA) is 195 Å². The zero-order chi connectivity index (χ0) is 34.9. The summed E-state index contributed by atoms with van der Waals surface area (Å²) in [6.45, 7) is 4.94. The van der Waals surface area contributed by atoms with Crippen LogP contribution in [0.4, 0.5) is 5.82 Å². The molecule has 0 fully saturated rings. The van der Waals surface area contributed by atoms with Crippen molar-refractivity contribution in [3.05, 3.63) is 48.3 Å². The largest absolute Gasteiger partial charge is 0.491 e. The predicted octanol–water partition coefficient (Wildman–Crippen LogP) is 5.18. The van der Waals surface area contributed by atoms with Gasteiger partial charge in [0.2, 0.25) is 0 Å². The number of fused-ring (bicyclic) bond motifs is 3. The number of aliphatic hydroxyl groups is 1. The number of nitrogens with zero attached hydrogens (tertiary/aromatic N) is 3. The molecule has 0 aliphatic heterocycles. The Morgan fingerprint density at radius 2 is 1.73 bits per heavy atom. The highest BCUT2D eigenvalue weighted by molar-refractivity contribution is 7.47. The molecular weight excluding hydrogens is 643 g/mol. The van der Waals surface area contributed by atoms with Crippen LogP contribution in [0.25, 0.3) is 21.9 Å². The molecule has 1 unspecified atom stereocenters. The van der Waals surface area contributed by atoms with E-state index in [-0.39, 0.29) is 45.1 Å². The van der Waals surface area contributed by atoms with Gasteiger partial charge >= 0.3 is 19.8 Å². The van der Waals surface area contributed by atoms with E-state index in [1.165, 1.54) is 0 Å². The summed E-state index contributed by atoms with van der Waals surface area (Å²) in [6.07, 6.45) is 10.0. The van der Waals surface area contributed by atoms with Crippen LogP contribution in [0.5, 0.6) is 5.75 Å². The average molecular weight is 691 g/mol. The number of hydrogen-bond acceptors (Lipinski definition) is 12. The van der Waals surface area contributed by atoms with E-state index in [1.807, 2.05) is 30.6 Å². The normalized spacial score (nSPS) is 13.8. The third kappa shape index (κ3) is 12.0. The summed E-state index contributed by atoms with van der Waals surface area (Å²) >= 11 is 0. The van der Waals surface area contributed by atoms with Crippen LogP contribution in [0.1, 0.15) is 65.1 Å². The first kappa shape index (κ1) is 38.6. The number of carbonyl (C=O) groups is 2. The van der Waals surface area contributed by atoms with Crippen molar-refractivity contribution in [2.45, 2.75) is 78.4 Å². The molecule has 0 saturated heterocycles. The number of esters is 2. The van der Waals surface area contributed by atoms with E-state index in [0.717, 1.165) is 48.8 Å². The van der Waals surface area contributed by atoms with Gasteiger partial charge in [-0.2, -0.15) is 0 Å². The number of nitrogens with two attached hydrogens (primary N) is 1. The number of anilines is 1. The Labute approximate surface area is 280 Å². The fourth-order valence-corrected chi connectivity index (χ4v) is 5.44. The molecule has 0 aliphatic carbocycles. The second kappa shape index (κ2) is 19.9. The van der Waals surface area contributed by atoms with Crippen molar-refractivity contribution >= 4 is 47.5 Å². The van der Waals surface area contributed by atoms with Crippen LogP contribution >= 0.6 is 7.82 Å². The molecule has 0 radical (unpaired) electrons. The Hall–Kier alpha value is -3.81. The van der Waals surface area contributed by atoms with Crippen LogP contribution < -0.4 is 10.5 Å². The number of aryl methyl sites for hydroxylation is 1. The van der Waals surface area contributed by atoms with Crippen LogP contribution in [0, 0.1) is 0 Å². The minimum Gasteiger partial charge on any atom is -0.491 e. The quantitative estimate of drug-likeness (QED) is 0.0541. The molecule has 14 nitrogen and oxygen atoms in total. The molecule has 3 aromatic rings. The van der Waals surface area contributed by atoms with Gasteiger partial charge in [-0.15, -0.1) is 0 Å². The first-order valence-electron chi connectivity index (χ1n) is 16.2. The van der Waals surface area contributed by atoms with Crippen LogP contribution in [0.2, 0.25) is 0 Å². The van der Waals surface area contributed by atoms with Gasteiger partial charge in [-0.05, 0) is 31.4 Å². The molecule has 0 spiro atoms. The fraction of sp³-hybridized carbons (Fsp3) is 0.515. The first-order valence-corrected chi connectivity index (χ1v) is 17.7. The number of carbonyl (C=O) groups excluding carboxylic acids is 2. The van der Waals surface area contributed by atoms with Crippen molar-refractivity contribution < 1.29 is 47.4 Å². The van der Waals surface area contributed by atoms with Crippen LogP contribution in [0.15, 0.2) is 42.5 Å². The lowest BCUT2D eigenvalue weighted by atomic mass is 10.1. The van der Waals surface area contributed by atoms with Gasteiger partial charge in [0, 0.05) is 24.4 Å². The van der Waals surface area contributed by atoms with E-state index >= 15 is 0 Å². The van der Waals surface area contributed by atoms with Crippen LogP contribution in [0.3, 0.4) is 0 Å². The van der Waals surface area contributed by atoms with Crippen molar-refractivity contribution in [1.82, 2.24) is 14.5 Å². The molecule has 1 aromatic carbocycles. The molecule has 2 atom stereocenters. The van der Waals surface area contributed by atoms with Crippen molar-refractivity contribution in [2.24, 2.45) is 0 Å². The second-order valence-corrected chi connectivity index (χ2v) is 12.2. The van der Waals surface area contributed by atoms with E-state index < -0.39 is 32.5 Å². The second-order valence-electron chi connectivity index (χ2n) is 10.8. The number of aliphatic hydroxyl groups excluding tert-OH is 1. The monoisotopic (exact) mass is 690 g/mol. The summed E-state index contributed by atoms with van der Waals surface area (Å²) in [5, 5.41) is 10.5. The molecule has 3 rings (SSSR count). The summed E-state index contributed by atoms with van der Waals surface area (Å²) in [6, 6.07) is 5.24. The van der Waals surface area contributed by atoms with E-state index in [4.69, 9.17) is 34.0 Å². The van der Waals surface area contributed by atoms with Crippen molar-refractivity contribution in [1.29, 1.82) is 0 Å². The molecule has 15 heteroatoms. The molecular formula is C33H47N4O10P. The molecule has 48 heavy (non-hydrogen) atoms. The Morgan fingerprint density at radius 3 is 2.42 bits per heavy atom. The maximum absolute atomic E-state index is 12.6. The summed E-state index contributed by atoms with van der Waals surface area (Å²) in [7, 11) is -4.59. The number of unbranched alkanes of at least 4 members (excludes halogenated alkanes) is 1. The lowest BCUT2D eigenvalue weighted by Gasteiger charge is -2.19. The van der Waals surface area contributed by atoms with E-state index in [1.54, 1.807) is 30.4 Å². The van der Waals surface area contributed by atoms with Crippen molar-refractivity contribution in [3.63, 3.8) is 0 Å². The molecule has 2 aromatic heterocycles. The number of aromatic nitrogens is 3. The summed E-state index contributed by atoms with van der Waals surface area (Å²) < 4.78 is 40.8. The summed E-state index contributed by atoms with van der Waals surface area (Å²) in [5.41, 5.74) is 8.20. The standard InChI is InChI=1S/C33H47N4O10P/c1-4-7-10-13-29(39)44-22-25(47-30(40)14-11-8-5-2)23-46-48(41,42)45-20-19-43-24-15-16-26-27(21-24)35-33(34)31-32(26)37(17-18-38)28(36-31)12-9-6-3/h7-8,10-11,15-16,21,25,38H,4-6,9,12-14,17-20,22-23H2,1-3H3,(H2,34,35)(H,41,42)/b10-7-,11-8-/t25-/m1/s1. The highest BCUT2D eigenvalue weighted by atomic mass is 31.2. The average Bonchev–Trinajstić information content (AvgIpc) is 3.42. The molecule has 0 amide bonds. The minimum atomic E-state index is -4.59. The van der Waals surface area contributed by atoms with Gasteiger partial charge in [0.15, 0.2) is 11.9 Å². The number of benzene rings is 1. The lowest BCUT2D eigenvalue weighted by molar-refractivity contribution is -0.160. The summed E-state index contributed by atoms with van der Waals surface area (Å²) in [4.78, 5) is 43.7. The molecule has 0 saturated carbocycles. The minimum absolute atomic E-state index is 0.0177. The Kier molecular flexibility index (Phi) is 16.0. The van der Waals surface area contributed by atoms with Gasteiger partial charge < -0.3 is 34.5 Å². The third-order valence-electron chi connectivity index (χ3n) is 6.96. The van der Waals surface area contributed by atoms with Crippen LogP contribution in [-0.2, 0) is 45.6 Å². The fourth-order valence-electron chi connectivity index (χ4n) is 4.71. The van der Waals surface area contributed by atoms with Crippen LogP contribution in [-0.4, -0.2) is 75.6 Å². The Balaban J connectivity index is 1.59. The zero-order valence-electron chi connectivity index (χ0n) is 27.8. The molecule has 2 heterocycles.